The van der Waals surface area contributed by atoms with Gasteiger partial charge in [0.25, 0.3) is 0 Å². The second-order valence-electron chi connectivity index (χ2n) is 5.54. The molecule has 0 spiro atoms. The number of thiazole rings is 1. The molecule has 2 aromatic heterocycles. The Balaban J connectivity index is 1.52. The van der Waals surface area contributed by atoms with E-state index < -0.39 is 0 Å². The topological polar surface area (TPSA) is 82.1 Å². The maximum absolute atomic E-state index is 5.69. The summed E-state index contributed by atoms with van der Waals surface area (Å²) in [6.07, 6.45) is 0. The van der Waals surface area contributed by atoms with E-state index in [0.29, 0.717) is 6.54 Å². The van der Waals surface area contributed by atoms with Gasteiger partial charge >= 0.3 is 0 Å². The molecule has 1 aliphatic heterocycles. The van der Waals surface area contributed by atoms with E-state index >= 15 is 0 Å². The van der Waals surface area contributed by atoms with E-state index in [2.05, 4.69) is 25.7 Å². The lowest BCUT2D eigenvalue weighted by Crippen LogP contribution is -2.34. The van der Waals surface area contributed by atoms with Crippen LogP contribution in [-0.4, -0.2) is 38.3 Å². The van der Waals surface area contributed by atoms with Gasteiger partial charge in [0.2, 0.25) is 0 Å². The number of fused-ring (bicyclic) bond motifs is 2. The number of aromatic nitrogens is 4. The Hall–Kier alpha value is -2.03. The molecule has 1 aliphatic rings. The van der Waals surface area contributed by atoms with Crippen LogP contribution in [0.1, 0.15) is 16.7 Å². The summed E-state index contributed by atoms with van der Waals surface area (Å²) >= 11 is 1.73. The van der Waals surface area contributed by atoms with Crippen LogP contribution in [0.2, 0.25) is 0 Å². The van der Waals surface area contributed by atoms with Gasteiger partial charge in [-0.2, -0.15) is 0 Å². The van der Waals surface area contributed by atoms with Crippen molar-refractivity contribution in [1.82, 2.24) is 24.6 Å². The Bertz CT molecular complexity index is 842. The van der Waals surface area contributed by atoms with Crippen molar-refractivity contribution in [3.63, 3.8) is 0 Å². The highest BCUT2D eigenvalue weighted by Crippen LogP contribution is 2.27. The van der Waals surface area contributed by atoms with Crippen molar-refractivity contribution in [3.8, 4) is 5.75 Å². The predicted octanol–water partition coefficient (Wildman–Crippen LogP) is 1.37. The Labute approximate surface area is 137 Å². The number of benzene rings is 1. The zero-order valence-corrected chi connectivity index (χ0v) is 13.7. The summed E-state index contributed by atoms with van der Waals surface area (Å²) in [6.45, 7) is 3.89. The first-order valence-electron chi connectivity index (χ1n) is 7.53. The van der Waals surface area contributed by atoms with E-state index in [1.54, 1.807) is 18.4 Å². The van der Waals surface area contributed by atoms with Crippen molar-refractivity contribution in [2.24, 2.45) is 5.73 Å². The molecule has 7 nitrogen and oxygen atoms in total. The molecule has 2 N–H and O–H groups in total. The van der Waals surface area contributed by atoms with Crippen LogP contribution in [0, 0.1) is 0 Å². The molecule has 0 bridgehead atoms. The van der Waals surface area contributed by atoms with Crippen LogP contribution in [0.4, 0.5) is 0 Å². The second kappa shape index (κ2) is 5.88. The number of ether oxygens (including phenoxy) is 1. The van der Waals surface area contributed by atoms with Gasteiger partial charge in [-0.25, -0.2) is 4.98 Å². The Morgan fingerprint density at radius 2 is 2.22 bits per heavy atom. The minimum atomic E-state index is 0.437. The van der Waals surface area contributed by atoms with E-state index in [0.717, 1.165) is 54.1 Å². The van der Waals surface area contributed by atoms with Crippen molar-refractivity contribution >= 4 is 21.6 Å². The van der Waals surface area contributed by atoms with E-state index in [1.807, 2.05) is 12.1 Å². The maximum atomic E-state index is 5.69. The van der Waals surface area contributed by atoms with E-state index in [1.165, 1.54) is 4.70 Å². The molecular weight excluding hydrogens is 312 g/mol. The van der Waals surface area contributed by atoms with Gasteiger partial charge in [-0.3, -0.25) is 4.90 Å². The molecule has 0 amide bonds. The largest absolute Gasteiger partial charge is 0.497 e. The maximum Gasteiger partial charge on any atom is 0.147 e. The standard InChI is InChI=1S/C15H18N6OS/c1-22-10-2-3-12-11(6-10)17-15(23-12)9-20-4-5-21-13(7-16)18-19-14(21)8-20/h2-3,6H,4-5,7-9,16H2,1H3. The quantitative estimate of drug-likeness (QED) is 0.778. The fourth-order valence-corrected chi connectivity index (χ4v) is 3.88. The Morgan fingerprint density at radius 1 is 1.30 bits per heavy atom. The van der Waals surface area contributed by atoms with E-state index in [4.69, 9.17) is 15.5 Å². The fourth-order valence-electron chi connectivity index (χ4n) is 2.89. The molecule has 0 atom stereocenters. The SMILES string of the molecule is COc1ccc2sc(CN3CCn4c(CN)nnc4C3)nc2c1. The zero-order chi connectivity index (χ0) is 15.8. The van der Waals surface area contributed by atoms with Crippen molar-refractivity contribution in [2.75, 3.05) is 13.7 Å². The third kappa shape index (κ3) is 2.69. The number of nitrogens with two attached hydrogens (primary N) is 1. The van der Waals surface area contributed by atoms with Crippen LogP contribution in [0.15, 0.2) is 18.2 Å². The molecule has 3 aromatic rings. The lowest BCUT2D eigenvalue weighted by molar-refractivity contribution is 0.207. The van der Waals surface area contributed by atoms with Crippen molar-refractivity contribution in [3.05, 3.63) is 34.9 Å². The van der Waals surface area contributed by atoms with Crippen molar-refractivity contribution < 1.29 is 4.74 Å². The molecule has 0 saturated heterocycles. The average molecular weight is 330 g/mol. The molecule has 8 heteroatoms. The molecule has 23 heavy (non-hydrogen) atoms. The molecule has 1 aromatic carbocycles. The predicted molar refractivity (Wildman–Crippen MR) is 88.2 cm³/mol. The van der Waals surface area contributed by atoms with Crippen LogP contribution in [-0.2, 0) is 26.2 Å². The van der Waals surface area contributed by atoms with Crippen LogP contribution < -0.4 is 10.5 Å². The Morgan fingerprint density at radius 3 is 3.04 bits per heavy atom. The van der Waals surface area contributed by atoms with Crippen LogP contribution in [0.5, 0.6) is 5.75 Å². The average Bonchev–Trinajstić information content (AvgIpc) is 3.16. The molecule has 120 valence electrons. The first-order chi connectivity index (χ1) is 11.3. The molecule has 0 radical (unpaired) electrons. The smallest absolute Gasteiger partial charge is 0.147 e. The number of hydrogen-bond acceptors (Lipinski definition) is 7. The summed E-state index contributed by atoms with van der Waals surface area (Å²) in [4.78, 5) is 7.07. The highest BCUT2D eigenvalue weighted by molar-refractivity contribution is 7.18. The third-order valence-corrected chi connectivity index (χ3v) is 5.11. The van der Waals surface area contributed by atoms with Gasteiger partial charge in [0, 0.05) is 19.2 Å². The highest BCUT2D eigenvalue weighted by atomic mass is 32.1. The summed E-state index contributed by atoms with van der Waals surface area (Å²) < 4.78 is 8.57. The summed E-state index contributed by atoms with van der Waals surface area (Å²) in [6, 6.07) is 6.02. The van der Waals surface area contributed by atoms with Gasteiger partial charge in [-0.15, -0.1) is 21.5 Å². The van der Waals surface area contributed by atoms with E-state index in [-0.39, 0.29) is 0 Å². The van der Waals surface area contributed by atoms with Crippen molar-refractivity contribution in [1.29, 1.82) is 0 Å². The third-order valence-electron chi connectivity index (χ3n) is 4.09. The number of rotatable bonds is 4. The van der Waals surface area contributed by atoms with Crippen LogP contribution in [0.25, 0.3) is 10.2 Å². The first-order valence-corrected chi connectivity index (χ1v) is 8.35. The van der Waals surface area contributed by atoms with Gasteiger partial charge in [-0.05, 0) is 12.1 Å². The van der Waals surface area contributed by atoms with Crippen LogP contribution in [0.3, 0.4) is 0 Å². The minimum Gasteiger partial charge on any atom is -0.497 e. The molecule has 0 aliphatic carbocycles. The molecule has 0 unspecified atom stereocenters. The number of methoxy groups -OCH3 is 1. The molecule has 0 saturated carbocycles. The lowest BCUT2D eigenvalue weighted by Gasteiger charge is -2.26. The van der Waals surface area contributed by atoms with Gasteiger partial charge in [0.1, 0.15) is 22.4 Å². The highest BCUT2D eigenvalue weighted by Gasteiger charge is 2.21. The molecule has 0 fully saturated rings. The minimum absolute atomic E-state index is 0.437. The summed E-state index contributed by atoms with van der Waals surface area (Å²) in [7, 11) is 1.67. The summed E-state index contributed by atoms with van der Waals surface area (Å²) in [5.41, 5.74) is 6.68. The van der Waals surface area contributed by atoms with Crippen LogP contribution >= 0.6 is 11.3 Å². The second-order valence-corrected chi connectivity index (χ2v) is 6.66. The normalized spacial score (nSPS) is 15.0. The lowest BCUT2D eigenvalue weighted by atomic mass is 10.3. The molecular formula is C15H18N6OS. The number of hydrogen-bond donors (Lipinski definition) is 1. The van der Waals surface area contributed by atoms with Gasteiger partial charge < -0.3 is 15.0 Å². The van der Waals surface area contributed by atoms with Gasteiger partial charge in [0.05, 0.1) is 37.0 Å². The monoisotopic (exact) mass is 330 g/mol. The van der Waals surface area contributed by atoms with Gasteiger partial charge in [0.15, 0.2) is 0 Å². The molecule has 3 heterocycles. The fraction of sp³-hybridized carbons (Fsp3) is 0.400. The van der Waals surface area contributed by atoms with Gasteiger partial charge in [-0.1, -0.05) is 0 Å². The Kier molecular flexibility index (Phi) is 3.72. The summed E-state index contributed by atoms with van der Waals surface area (Å²) in [5.74, 6) is 2.70. The van der Waals surface area contributed by atoms with Crippen molar-refractivity contribution in [2.45, 2.75) is 26.2 Å². The summed E-state index contributed by atoms with van der Waals surface area (Å²) in [5, 5.41) is 9.50. The zero-order valence-electron chi connectivity index (χ0n) is 12.9. The first kappa shape index (κ1) is 14.6. The molecule has 4 rings (SSSR count). The number of nitrogens with zero attached hydrogens (tertiary/aromatic N) is 5. The van der Waals surface area contributed by atoms with E-state index in [9.17, 15) is 0 Å².